The summed E-state index contributed by atoms with van der Waals surface area (Å²) in [7, 11) is 3.15. The molecule has 0 aliphatic rings. The third-order valence-electron chi connectivity index (χ3n) is 2.31. The van der Waals surface area contributed by atoms with Crippen LogP contribution in [-0.4, -0.2) is 33.2 Å². The topological polar surface area (TPSA) is 73.6 Å². The minimum Gasteiger partial charge on any atom is -0.497 e. The first kappa shape index (κ1) is 13.3. The molecule has 0 saturated carbocycles. The number of carbonyl (C=O) groups excluding carboxylic acids is 1. The zero-order valence-electron chi connectivity index (χ0n) is 10.2. The van der Waals surface area contributed by atoms with Gasteiger partial charge in [-0.15, -0.1) is 0 Å². The Bertz CT molecular complexity index is 380. The van der Waals surface area contributed by atoms with Crippen molar-refractivity contribution in [3.05, 3.63) is 23.8 Å². The Morgan fingerprint density at radius 1 is 1.35 bits per heavy atom. The van der Waals surface area contributed by atoms with E-state index in [0.717, 1.165) is 5.56 Å². The third-order valence-corrected chi connectivity index (χ3v) is 2.31. The predicted molar refractivity (Wildman–Crippen MR) is 65.3 cm³/mol. The first-order valence-electron chi connectivity index (χ1n) is 5.39. The Balaban J connectivity index is 2.73. The Kier molecular flexibility index (Phi) is 5.29. The SMILES string of the molecule is COc1ccc(CC(=O)NCCN)c(OC)c1. The molecule has 5 nitrogen and oxygen atoms in total. The zero-order valence-corrected chi connectivity index (χ0v) is 10.2. The number of amides is 1. The van der Waals surface area contributed by atoms with E-state index in [0.29, 0.717) is 24.6 Å². The van der Waals surface area contributed by atoms with Crippen LogP contribution in [0.25, 0.3) is 0 Å². The average molecular weight is 238 g/mol. The van der Waals surface area contributed by atoms with Crippen molar-refractivity contribution in [1.82, 2.24) is 5.32 Å². The standard InChI is InChI=1S/C12H18N2O3/c1-16-10-4-3-9(11(8-10)17-2)7-12(15)14-6-5-13/h3-4,8H,5-7,13H2,1-2H3,(H,14,15). The second-order valence-corrected chi connectivity index (χ2v) is 3.49. The Morgan fingerprint density at radius 2 is 2.12 bits per heavy atom. The number of hydrogen-bond donors (Lipinski definition) is 2. The Labute approximate surface area is 101 Å². The van der Waals surface area contributed by atoms with Crippen molar-refractivity contribution < 1.29 is 14.3 Å². The lowest BCUT2D eigenvalue weighted by atomic mass is 10.1. The molecule has 0 aliphatic heterocycles. The summed E-state index contributed by atoms with van der Waals surface area (Å²) in [5.74, 6) is 1.28. The van der Waals surface area contributed by atoms with Crippen LogP contribution in [0.5, 0.6) is 11.5 Å². The van der Waals surface area contributed by atoms with Crippen LogP contribution in [0.4, 0.5) is 0 Å². The minimum atomic E-state index is -0.0704. The van der Waals surface area contributed by atoms with E-state index in [2.05, 4.69) is 5.32 Å². The van der Waals surface area contributed by atoms with Crippen LogP contribution >= 0.6 is 0 Å². The van der Waals surface area contributed by atoms with Gasteiger partial charge in [-0.25, -0.2) is 0 Å². The van der Waals surface area contributed by atoms with Gasteiger partial charge in [0.1, 0.15) is 11.5 Å². The van der Waals surface area contributed by atoms with Gasteiger partial charge in [-0.3, -0.25) is 4.79 Å². The molecular formula is C12H18N2O3. The van der Waals surface area contributed by atoms with Gasteiger partial charge in [0.15, 0.2) is 0 Å². The van der Waals surface area contributed by atoms with Crippen LogP contribution in [0.2, 0.25) is 0 Å². The number of methoxy groups -OCH3 is 2. The Hall–Kier alpha value is -1.75. The number of nitrogens with one attached hydrogen (secondary N) is 1. The summed E-state index contributed by atoms with van der Waals surface area (Å²) in [4.78, 5) is 11.5. The summed E-state index contributed by atoms with van der Waals surface area (Å²) in [6, 6.07) is 5.37. The molecule has 0 radical (unpaired) electrons. The molecular weight excluding hydrogens is 220 g/mol. The minimum absolute atomic E-state index is 0.0704. The van der Waals surface area contributed by atoms with Crippen molar-refractivity contribution in [1.29, 1.82) is 0 Å². The first-order chi connectivity index (χ1) is 8.21. The second kappa shape index (κ2) is 6.75. The highest BCUT2D eigenvalue weighted by atomic mass is 16.5. The number of hydrogen-bond acceptors (Lipinski definition) is 4. The van der Waals surface area contributed by atoms with Crippen LogP contribution in [0, 0.1) is 0 Å². The highest BCUT2D eigenvalue weighted by Crippen LogP contribution is 2.24. The number of carbonyl (C=O) groups is 1. The summed E-state index contributed by atoms with van der Waals surface area (Å²) in [6.45, 7) is 0.919. The molecule has 5 heteroatoms. The first-order valence-corrected chi connectivity index (χ1v) is 5.39. The normalized spacial score (nSPS) is 9.82. The number of benzene rings is 1. The molecule has 0 heterocycles. The largest absolute Gasteiger partial charge is 0.497 e. The van der Waals surface area contributed by atoms with E-state index in [9.17, 15) is 4.79 Å². The highest BCUT2D eigenvalue weighted by molar-refractivity contribution is 5.79. The molecule has 1 aromatic carbocycles. The lowest BCUT2D eigenvalue weighted by Gasteiger charge is -2.10. The molecule has 0 bridgehead atoms. The van der Waals surface area contributed by atoms with Crippen LogP contribution in [0.3, 0.4) is 0 Å². The third kappa shape index (κ3) is 3.96. The molecule has 0 atom stereocenters. The van der Waals surface area contributed by atoms with Crippen molar-refractivity contribution in [2.75, 3.05) is 27.3 Å². The summed E-state index contributed by atoms with van der Waals surface area (Å²) < 4.78 is 10.3. The smallest absolute Gasteiger partial charge is 0.224 e. The van der Waals surface area contributed by atoms with Gasteiger partial charge in [-0.05, 0) is 6.07 Å². The van der Waals surface area contributed by atoms with Gasteiger partial charge in [-0.2, -0.15) is 0 Å². The van der Waals surface area contributed by atoms with E-state index in [4.69, 9.17) is 15.2 Å². The molecule has 17 heavy (non-hydrogen) atoms. The van der Waals surface area contributed by atoms with Crippen molar-refractivity contribution in [3.8, 4) is 11.5 Å². The van der Waals surface area contributed by atoms with Gasteiger partial charge >= 0.3 is 0 Å². The van der Waals surface area contributed by atoms with E-state index in [1.807, 2.05) is 6.07 Å². The van der Waals surface area contributed by atoms with E-state index < -0.39 is 0 Å². The monoisotopic (exact) mass is 238 g/mol. The molecule has 3 N–H and O–H groups in total. The lowest BCUT2D eigenvalue weighted by molar-refractivity contribution is -0.120. The molecule has 0 aromatic heterocycles. The molecule has 0 saturated heterocycles. The van der Waals surface area contributed by atoms with E-state index in [-0.39, 0.29) is 12.3 Å². The van der Waals surface area contributed by atoms with Crippen molar-refractivity contribution in [3.63, 3.8) is 0 Å². The molecule has 1 aromatic rings. The predicted octanol–water partition coefficient (Wildman–Crippen LogP) is 0.321. The number of nitrogens with two attached hydrogens (primary N) is 1. The van der Waals surface area contributed by atoms with Gasteiger partial charge in [0.25, 0.3) is 0 Å². The maximum Gasteiger partial charge on any atom is 0.224 e. The van der Waals surface area contributed by atoms with Gasteiger partial charge in [0.2, 0.25) is 5.91 Å². The van der Waals surface area contributed by atoms with Gasteiger partial charge < -0.3 is 20.5 Å². The van der Waals surface area contributed by atoms with Gasteiger partial charge in [0.05, 0.1) is 20.6 Å². The maximum atomic E-state index is 11.5. The van der Waals surface area contributed by atoms with Gasteiger partial charge in [0, 0.05) is 24.7 Å². The fraction of sp³-hybridized carbons (Fsp3) is 0.417. The number of ether oxygens (including phenoxy) is 2. The molecule has 0 fully saturated rings. The zero-order chi connectivity index (χ0) is 12.7. The van der Waals surface area contributed by atoms with Crippen LogP contribution in [-0.2, 0) is 11.2 Å². The van der Waals surface area contributed by atoms with Crippen molar-refractivity contribution in [2.45, 2.75) is 6.42 Å². The average Bonchev–Trinajstić information content (AvgIpc) is 2.36. The lowest BCUT2D eigenvalue weighted by Crippen LogP contribution is -2.30. The Morgan fingerprint density at radius 3 is 2.71 bits per heavy atom. The molecule has 94 valence electrons. The van der Waals surface area contributed by atoms with E-state index >= 15 is 0 Å². The summed E-state index contributed by atoms with van der Waals surface area (Å²) in [5.41, 5.74) is 6.13. The van der Waals surface area contributed by atoms with E-state index in [1.54, 1.807) is 26.4 Å². The highest BCUT2D eigenvalue weighted by Gasteiger charge is 2.09. The summed E-state index contributed by atoms with van der Waals surface area (Å²) in [6.07, 6.45) is 0.271. The molecule has 1 amide bonds. The summed E-state index contributed by atoms with van der Waals surface area (Å²) >= 11 is 0. The fourth-order valence-electron chi connectivity index (χ4n) is 1.44. The van der Waals surface area contributed by atoms with Crippen LogP contribution in [0.1, 0.15) is 5.56 Å². The van der Waals surface area contributed by atoms with Crippen LogP contribution < -0.4 is 20.5 Å². The quantitative estimate of drug-likeness (QED) is 0.748. The van der Waals surface area contributed by atoms with E-state index in [1.165, 1.54) is 0 Å². The fourth-order valence-corrected chi connectivity index (χ4v) is 1.44. The maximum absolute atomic E-state index is 11.5. The second-order valence-electron chi connectivity index (χ2n) is 3.49. The molecule has 0 aliphatic carbocycles. The molecule has 1 rings (SSSR count). The molecule has 0 unspecified atom stereocenters. The van der Waals surface area contributed by atoms with Crippen LogP contribution in [0.15, 0.2) is 18.2 Å². The van der Waals surface area contributed by atoms with Crippen molar-refractivity contribution >= 4 is 5.91 Å². The van der Waals surface area contributed by atoms with Crippen molar-refractivity contribution in [2.24, 2.45) is 5.73 Å². The summed E-state index contributed by atoms with van der Waals surface area (Å²) in [5, 5.41) is 2.71. The number of rotatable bonds is 6. The molecule has 0 spiro atoms. The van der Waals surface area contributed by atoms with Gasteiger partial charge in [-0.1, -0.05) is 6.07 Å².